The largest absolute Gasteiger partial charge is 0.422 e. The smallest absolute Gasteiger partial charge is 0.224 e. The van der Waals surface area contributed by atoms with Gasteiger partial charge >= 0.3 is 0 Å². The van der Waals surface area contributed by atoms with Crippen molar-refractivity contribution in [3.8, 4) is 40.5 Å². The van der Waals surface area contributed by atoms with Crippen LogP contribution in [0, 0.1) is 11.3 Å². The van der Waals surface area contributed by atoms with Crippen molar-refractivity contribution in [1.82, 2.24) is 34.3 Å². The second-order valence-corrected chi connectivity index (χ2v) is 8.14. The van der Waals surface area contributed by atoms with Gasteiger partial charge in [0.25, 0.3) is 0 Å². The maximum absolute atomic E-state index is 10.0. The fourth-order valence-electron chi connectivity index (χ4n) is 4.45. The fourth-order valence-corrected chi connectivity index (χ4v) is 4.45. The molecule has 1 aliphatic rings. The monoisotopic (exact) mass is 473 g/mol. The van der Waals surface area contributed by atoms with Gasteiger partial charge in [-0.25, -0.2) is 19.6 Å². The summed E-state index contributed by atoms with van der Waals surface area (Å²) < 4.78 is 9.42. The Bertz CT molecular complexity index is 1630. The SMILES string of the molecule is Cn1nc(-c2ncccn2)c2c1OC(N)=C(C#N)C2c1ccc(-n2ccnc2-c2ccncc2)cc1. The van der Waals surface area contributed by atoms with Crippen molar-refractivity contribution in [2.75, 3.05) is 0 Å². The first kappa shape index (κ1) is 21.2. The molecule has 10 heteroatoms. The summed E-state index contributed by atoms with van der Waals surface area (Å²) in [6.07, 6.45) is 10.4. The van der Waals surface area contributed by atoms with Gasteiger partial charge < -0.3 is 10.5 Å². The third-order valence-electron chi connectivity index (χ3n) is 6.06. The second kappa shape index (κ2) is 8.48. The van der Waals surface area contributed by atoms with Crippen molar-refractivity contribution in [1.29, 1.82) is 5.26 Å². The van der Waals surface area contributed by atoms with Crippen LogP contribution in [0.2, 0.25) is 0 Å². The van der Waals surface area contributed by atoms with Crippen LogP contribution in [0.5, 0.6) is 5.88 Å². The topological polar surface area (TPSA) is 133 Å². The summed E-state index contributed by atoms with van der Waals surface area (Å²) in [6, 6.07) is 15.7. The number of nitriles is 1. The number of benzene rings is 1. The normalized spacial score (nSPS) is 14.7. The molecule has 2 N–H and O–H groups in total. The molecule has 174 valence electrons. The molecule has 0 fully saturated rings. The molecule has 5 heterocycles. The molecule has 0 saturated heterocycles. The highest BCUT2D eigenvalue weighted by atomic mass is 16.5. The Morgan fingerprint density at radius 3 is 2.44 bits per heavy atom. The molecule has 0 aliphatic carbocycles. The number of rotatable bonds is 4. The average molecular weight is 474 g/mol. The highest BCUT2D eigenvalue weighted by molar-refractivity contribution is 5.67. The Kier molecular flexibility index (Phi) is 5.01. The highest BCUT2D eigenvalue weighted by Gasteiger charge is 2.37. The van der Waals surface area contributed by atoms with Gasteiger partial charge in [-0.3, -0.25) is 9.55 Å². The average Bonchev–Trinajstić information content (AvgIpc) is 3.54. The van der Waals surface area contributed by atoms with Crippen LogP contribution in [0.1, 0.15) is 17.0 Å². The predicted molar refractivity (Wildman–Crippen MR) is 130 cm³/mol. The molecule has 1 unspecified atom stereocenters. The number of nitrogens with two attached hydrogens (primary N) is 1. The molecule has 0 radical (unpaired) electrons. The molecule has 0 bridgehead atoms. The second-order valence-electron chi connectivity index (χ2n) is 8.14. The zero-order valence-corrected chi connectivity index (χ0v) is 19.1. The summed E-state index contributed by atoms with van der Waals surface area (Å²) in [5.41, 5.74) is 10.5. The molecule has 1 aliphatic heterocycles. The first-order chi connectivity index (χ1) is 17.7. The van der Waals surface area contributed by atoms with E-state index in [1.54, 1.807) is 48.8 Å². The quantitative estimate of drug-likeness (QED) is 0.420. The van der Waals surface area contributed by atoms with Gasteiger partial charge in [-0.2, -0.15) is 10.4 Å². The third-order valence-corrected chi connectivity index (χ3v) is 6.06. The van der Waals surface area contributed by atoms with E-state index in [2.05, 4.69) is 31.1 Å². The molecule has 0 spiro atoms. The van der Waals surface area contributed by atoms with Crippen LogP contribution in [-0.2, 0) is 7.05 Å². The first-order valence-electron chi connectivity index (χ1n) is 11.1. The Morgan fingerprint density at radius 2 is 1.72 bits per heavy atom. The van der Waals surface area contributed by atoms with Crippen molar-refractivity contribution >= 4 is 0 Å². The number of hydrogen-bond acceptors (Lipinski definition) is 8. The highest BCUT2D eigenvalue weighted by Crippen LogP contribution is 2.46. The number of aryl methyl sites for hydroxylation is 1. The first-order valence-corrected chi connectivity index (χ1v) is 11.1. The van der Waals surface area contributed by atoms with E-state index in [1.165, 1.54) is 0 Å². The molecular weight excluding hydrogens is 454 g/mol. The standard InChI is InChI=1S/C26H19N9O/c1-34-26-21(22(33-34)24-30-9-2-10-31-24)20(19(15-27)23(28)36-26)16-3-5-18(6-4-16)35-14-13-32-25(35)17-7-11-29-12-8-17/h2-14,20H,28H2,1H3. The van der Waals surface area contributed by atoms with E-state index in [9.17, 15) is 5.26 Å². The van der Waals surface area contributed by atoms with Gasteiger partial charge in [-0.1, -0.05) is 12.1 Å². The van der Waals surface area contributed by atoms with E-state index in [4.69, 9.17) is 10.5 Å². The Balaban J connectivity index is 1.46. The Morgan fingerprint density at radius 1 is 0.972 bits per heavy atom. The van der Waals surface area contributed by atoms with Crippen molar-refractivity contribution < 1.29 is 4.74 Å². The zero-order valence-electron chi connectivity index (χ0n) is 19.1. The van der Waals surface area contributed by atoms with E-state index in [-0.39, 0.29) is 5.88 Å². The van der Waals surface area contributed by atoms with Gasteiger partial charge in [0.2, 0.25) is 11.8 Å². The number of aromatic nitrogens is 7. The van der Waals surface area contributed by atoms with Crippen LogP contribution in [0.3, 0.4) is 0 Å². The number of ether oxygens (including phenoxy) is 1. The van der Waals surface area contributed by atoms with E-state index >= 15 is 0 Å². The molecule has 1 aromatic carbocycles. The van der Waals surface area contributed by atoms with Crippen molar-refractivity contribution in [2.24, 2.45) is 12.8 Å². The lowest BCUT2D eigenvalue weighted by Gasteiger charge is -2.24. The molecule has 4 aromatic heterocycles. The summed E-state index contributed by atoms with van der Waals surface area (Å²) in [6.45, 7) is 0. The summed E-state index contributed by atoms with van der Waals surface area (Å²) >= 11 is 0. The molecular formula is C26H19N9O. The lowest BCUT2D eigenvalue weighted by Crippen LogP contribution is -2.22. The van der Waals surface area contributed by atoms with Gasteiger partial charge in [0.05, 0.1) is 11.5 Å². The number of imidazole rings is 1. The van der Waals surface area contributed by atoms with E-state index in [0.29, 0.717) is 28.5 Å². The fraction of sp³-hybridized carbons (Fsp3) is 0.0769. The zero-order chi connectivity index (χ0) is 24.6. The number of allylic oxidation sites excluding steroid dienone is 1. The lowest BCUT2D eigenvalue weighted by molar-refractivity contribution is 0.358. The van der Waals surface area contributed by atoms with Crippen LogP contribution in [-0.4, -0.2) is 34.3 Å². The Labute approximate surface area is 206 Å². The van der Waals surface area contributed by atoms with Crippen LogP contribution in [0.25, 0.3) is 28.6 Å². The molecule has 0 saturated carbocycles. The van der Waals surface area contributed by atoms with Crippen LogP contribution in [0.15, 0.2) is 91.1 Å². The molecule has 10 nitrogen and oxygen atoms in total. The number of pyridine rings is 1. The minimum Gasteiger partial charge on any atom is -0.422 e. The van der Waals surface area contributed by atoms with Crippen molar-refractivity contribution in [3.05, 3.63) is 102 Å². The van der Waals surface area contributed by atoms with E-state index in [1.807, 2.05) is 47.2 Å². The third kappa shape index (κ3) is 3.38. The maximum Gasteiger partial charge on any atom is 0.224 e. The van der Waals surface area contributed by atoms with Crippen LogP contribution in [0.4, 0.5) is 0 Å². The van der Waals surface area contributed by atoms with Crippen LogP contribution >= 0.6 is 0 Å². The number of nitrogens with zero attached hydrogens (tertiary/aromatic N) is 8. The molecule has 1 atom stereocenters. The number of fused-ring (bicyclic) bond motifs is 1. The van der Waals surface area contributed by atoms with Gasteiger partial charge in [0, 0.05) is 55.5 Å². The van der Waals surface area contributed by atoms with Crippen molar-refractivity contribution in [3.63, 3.8) is 0 Å². The van der Waals surface area contributed by atoms with Gasteiger partial charge in [-0.15, -0.1) is 0 Å². The van der Waals surface area contributed by atoms with E-state index < -0.39 is 5.92 Å². The summed E-state index contributed by atoms with van der Waals surface area (Å²) in [5.74, 6) is 1.26. The summed E-state index contributed by atoms with van der Waals surface area (Å²) in [4.78, 5) is 17.3. The molecule has 0 amide bonds. The molecule has 6 rings (SSSR count). The lowest BCUT2D eigenvalue weighted by atomic mass is 9.84. The molecule has 5 aromatic rings. The summed E-state index contributed by atoms with van der Waals surface area (Å²) in [5, 5.41) is 14.6. The minimum atomic E-state index is -0.497. The number of hydrogen-bond donors (Lipinski definition) is 1. The Hall–Kier alpha value is -5.30. The van der Waals surface area contributed by atoms with Gasteiger partial charge in [0.15, 0.2) is 5.82 Å². The van der Waals surface area contributed by atoms with E-state index in [0.717, 1.165) is 22.6 Å². The minimum absolute atomic E-state index is 0.0530. The molecule has 36 heavy (non-hydrogen) atoms. The van der Waals surface area contributed by atoms with Crippen molar-refractivity contribution in [2.45, 2.75) is 5.92 Å². The predicted octanol–water partition coefficient (Wildman–Crippen LogP) is 3.34. The maximum atomic E-state index is 10.0. The van der Waals surface area contributed by atoms with Gasteiger partial charge in [-0.05, 0) is 35.9 Å². The van der Waals surface area contributed by atoms with Crippen LogP contribution < -0.4 is 10.5 Å². The van der Waals surface area contributed by atoms with Gasteiger partial charge in [0.1, 0.15) is 23.2 Å². The summed E-state index contributed by atoms with van der Waals surface area (Å²) in [7, 11) is 1.76.